The van der Waals surface area contributed by atoms with Crippen molar-refractivity contribution in [2.24, 2.45) is 0 Å². The second-order valence-corrected chi connectivity index (χ2v) is 11.0. The number of thioether (sulfide) groups is 1. The summed E-state index contributed by atoms with van der Waals surface area (Å²) in [7, 11) is 0. The maximum Gasteiger partial charge on any atom is 0.266 e. The van der Waals surface area contributed by atoms with Crippen molar-refractivity contribution in [3.05, 3.63) is 34.2 Å². The molecular weight excluding hydrogens is 444 g/mol. The molecule has 2 amide bonds. The van der Waals surface area contributed by atoms with E-state index in [1.807, 2.05) is 13.0 Å². The number of unbranched alkanes of at least 4 members (excludes halogenated alkanes) is 2. The van der Waals surface area contributed by atoms with Crippen LogP contribution >= 0.6 is 36.6 Å². The Hall–Kier alpha value is -1.31. The zero-order chi connectivity index (χ0) is 23.3. The summed E-state index contributed by atoms with van der Waals surface area (Å²) >= 11 is 11.6. The minimum absolute atomic E-state index is 0.00555. The maximum absolute atomic E-state index is 13.3. The van der Waals surface area contributed by atoms with Gasteiger partial charge in [0, 0.05) is 27.8 Å². The first-order valence-electron chi connectivity index (χ1n) is 10.9. The second kappa shape index (κ2) is 11.0. The highest BCUT2D eigenvalue weighted by molar-refractivity contribution is 8.03. The van der Waals surface area contributed by atoms with Gasteiger partial charge in [-0.15, -0.1) is 12.6 Å². The molecule has 1 heterocycles. The molecule has 170 valence electrons. The number of hydrogen-bond acceptors (Lipinski definition) is 5. The summed E-state index contributed by atoms with van der Waals surface area (Å²) in [5.74, 6) is -0.567. The van der Waals surface area contributed by atoms with Gasteiger partial charge in [0.15, 0.2) is 5.11 Å². The molecule has 0 bridgehead atoms. The van der Waals surface area contributed by atoms with Gasteiger partial charge in [0.05, 0.1) is 0 Å². The van der Waals surface area contributed by atoms with E-state index in [-0.39, 0.29) is 22.8 Å². The zero-order valence-corrected chi connectivity index (χ0v) is 22.0. The Morgan fingerprint density at radius 1 is 1.03 bits per heavy atom. The zero-order valence-electron chi connectivity index (χ0n) is 19.4. The first-order valence-corrected chi connectivity index (χ1v) is 12.6. The summed E-state index contributed by atoms with van der Waals surface area (Å²) in [4.78, 5) is 32.3. The van der Waals surface area contributed by atoms with Crippen LogP contribution in [-0.4, -0.2) is 39.8 Å². The van der Waals surface area contributed by atoms with Crippen molar-refractivity contribution in [1.29, 1.82) is 0 Å². The molecule has 1 saturated heterocycles. The normalized spacial score (nSPS) is 15.2. The number of carbonyl (C=O) groups excluding carboxylic acids is 2. The minimum Gasteiger partial charge on any atom is -0.285 e. The molecule has 0 N–H and O–H groups in total. The summed E-state index contributed by atoms with van der Waals surface area (Å²) in [5.41, 5.74) is 1.40. The van der Waals surface area contributed by atoms with Gasteiger partial charge in [-0.1, -0.05) is 65.3 Å². The van der Waals surface area contributed by atoms with Gasteiger partial charge in [-0.05, 0) is 55.1 Å². The van der Waals surface area contributed by atoms with E-state index in [1.165, 1.54) is 17.3 Å². The van der Waals surface area contributed by atoms with Crippen LogP contribution in [0, 0.1) is 0 Å². The van der Waals surface area contributed by atoms with E-state index in [9.17, 15) is 9.59 Å². The number of rotatable bonds is 8. The molecule has 1 aromatic rings. The molecule has 0 spiro atoms. The van der Waals surface area contributed by atoms with Crippen LogP contribution in [0.5, 0.6) is 0 Å². The number of hydrogen-bond donors (Lipinski definition) is 1. The molecule has 1 aliphatic rings. The van der Waals surface area contributed by atoms with Crippen molar-refractivity contribution in [2.75, 3.05) is 13.1 Å². The summed E-state index contributed by atoms with van der Waals surface area (Å²) < 4.78 is 0. The van der Waals surface area contributed by atoms with Crippen LogP contribution in [0.2, 0.25) is 0 Å². The molecular formula is C24H34N2O2S3. The Balaban J connectivity index is 2.47. The Labute approximate surface area is 202 Å². The Bertz CT molecular complexity index is 855. The molecule has 1 aromatic carbocycles. The highest BCUT2D eigenvalue weighted by Crippen LogP contribution is 2.37. The second-order valence-electron chi connectivity index (χ2n) is 8.87. The number of benzene rings is 1. The van der Waals surface area contributed by atoms with E-state index in [0.29, 0.717) is 23.1 Å². The lowest BCUT2D eigenvalue weighted by Gasteiger charge is -2.37. The number of amides is 2. The number of nitrogens with zero attached hydrogens (tertiary/aromatic N) is 2. The molecule has 0 aliphatic carbocycles. The third-order valence-electron chi connectivity index (χ3n) is 5.29. The predicted octanol–water partition coefficient (Wildman–Crippen LogP) is 6.19. The third kappa shape index (κ3) is 6.14. The largest absolute Gasteiger partial charge is 0.285 e. The summed E-state index contributed by atoms with van der Waals surface area (Å²) in [5, 5.41) is 0.336. The lowest BCUT2D eigenvalue weighted by atomic mass is 9.87. The van der Waals surface area contributed by atoms with Crippen molar-refractivity contribution in [2.45, 2.75) is 82.4 Å². The highest BCUT2D eigenvalue weighted by atomic mass is 32.2. The number of carbonyl (C=O) groups is 2. The molecule has 7 heteroatoms. The molecule has 0 radical (unpaired) electrons. The van der Waals surface area contributed by atoms with Gasteiger partial charge < -0.3 is 0 Å². The van der Waals surface area contributed by atoms with E-state index in [1.54, 1.807) is 9.80 Å². The average molecular weight is 479 g/mol. The SMILES string of the molecule is CCCCN1C(=O)C(=C(C)Sc2cc(C(C)(C)C)ccc2S)C(=O)N(CCCC)C1=S. The van der Waals surface area contributed by atoms with Crippen molar-refractivity contribution >= 4 is 53.5 Å². The van der Waals surface area contributed by atoms with Crippen molar-refractivity contribution in [1.82, 2.24) is 9.80 Å². The highest BCUT2D eigenvalue weighted by Gasteiger charge is 2.40. The molecule has 4 nitrogen and oxygen atoms in total. The van der Waals surface area contributed by atoms with Gasteiger partial charge in [0.1, 0.15) is 5.57 Å². The standard InChI is InChI=1S/C24H34N2O2S3/c1-7-9-13-25-21(27)20(22(28)26(23(25)30)14-10-8-2)16(3)31-19-15-17(24(4,5)6)11-12-18(19)29/h11-12,15,29H,7-10,13-14H2,1-6H3. The van der Waals surface area contributed by atoms with E-state index >= 15 is 0 Å². The van der Waals surface area contributed by atoms with Gasteiger partial charge in [0.2, 0.25) is 0 Å². The molecule has 2 rings (SSSR count). The van der Waals surface area contributed by atoms with Gasteiger partial charge in [-0.3, -0.25) is 19.4 Å². The number of allylic oxidation sites excluding steroid dienone is 1. The first-order chi connectivity index (χ1) is 14.5. The topological polar surface area (TPSA) is 40.6 Å². The fourth-order valence-corrected chi connectivity index (χ4v) is 4.88. The Morgan fingerprint density at radius 3 is 2.00 bits per heavy atom. The van der Waals surface area contributed by atoms with Crippen LogP contribution in [0.15, 0.2) is 38.5 Å². The predicted molar refractivity (Wildman–Crippen MR) is 137 cm³/mol. The van der Waals surface area contributed by atoms with Crippen molar-refractivity contribution < 1.29 is 9.59 Å². The van der Waals surface area contributed by atoms with Gasteiger partial charge >= 0.3 is 0 Å². The summed E-state index contributed by atoms with van der Waals surface area (Å²) in [6, 6.07) is 6.15. The average Bonchev–Trinajstić information content (AvgIpc) is 2.68. The van der Waals surface area contributed by atoms with Gasteiger partial charge in [-0.25, -0.2) is 0 Å². The third-order valence-corrected chi connectivity index (χ3v) is 7.34. The fraction of sp³-hybridized carbons (Fsp3) is 0.542. The molecule has 0 saturated carbocycles. The van der Waals surface area contributed by atoms with Gasteiger partial charge in [-0.2, -0.15) is 0 Å². The molecule has 1 fully saturated rings. The van der Waals surface area contributed by atoms with Crippen LogP contribution in [0.3, 0.4) is 0 Å². The molecule has 0 aromatic heterocycles. The van der Waals surface area contributed by atoms with Crippen LogP contribution < -0.4 is 0 Å². The van der Waals surface area contributed by atoms with Crippen LogP contribution in [0.1, 0.15) is 72.8 Å². The monoisotopic (exact) mass is 478 g/mol. The lowest BCUT2D eigenvalue weighted by molar-refractivity contribution is -0.134. The molecule has 31 heavy (non-hydrogen) atoms. The van der Waals surface area contributed by atoms with Crippen LogP contribution in [0.4, 0.5) is 0 Å². The number of thiol groups is 1. The number of thiocarbonyl (C=S) groups is 1. The molecule has 0 atom stereocenters. The van der Waals surface area contributed by atoms with Crippen LogP contribution in [0.25, 0.3) is 0 Å². The quantitative estimate of drug-likeness (QED) is 0.159. The van der Waals surface area contributed by atoms with Crippen molar-refractivity contribution in [3.63, 3.8) is 0 Å². The van der Waals surface area contributed by atoms with Crippen molar-refractivity contribution in [3.8, 4) is 0 Å². The Kier molecular flexibility index (Phi) is 9.22. The summed E-state index contributed by atoms with van der Waals surface area (Å²) in [6.45, 7) is 13.5. The maximum atomic E-state index is 13.3. The summed E-state index contributed by atoms with van der Waals surface area (Å²) in [6.07, 6.45) is 3.58. The van der Waals surface area contributed by atoms with Gasteiger partial charge in [0.25, 0.3) is 11.8 Å². The van der Waals surface area contributed by atoms with E-state index in [0.717, 1.165) is 35.5 Å². The lowest BCUT2D eigenvalue weighted by Crippen LogP contribution is -2.56. The molecule has 1 aliphatic heterocycles. The van der Waals surface area contributed by atoms with E-state index in [2.05, 4.69) is 59.4 Å². The first kappa shape index (κ1) is 25.9. The fourth-order valence-electron chi connectivity index (χ4n) is 3.29. The molecule has 0 unspecified atom stereocenters. The van der Waals surface area contributed by atoms with E-state index < -0.39 is 0 Å². The smallest absolute Gasteiger partial charge is 0.266 e. The van der Waals surface area contributed by atoms with E-state index in [4.69, 9.17) is 12.2 Å². The minimum atomic E-state index is -0.283. The Morgan fingerprint density at radius 2 is 1.55 bits per heavy atom. The van der Waals surface area contributed by atoms with Crippen LogP contribution in [-0.2, 0) is 15.0 Å².